The van der Waals surface area contributed by atoms with Gasteiger partial charge in [-0.1, -0.05) is 210 Å². The monoisotopic (exact) mass is 909 g/mol. The second-order valence-corrected chi connectivity index (χ2v) is 18.5. The zero-order chi connectivity index (χ0) is 47.2. The van der Waals surface area contributed by atoms with Gasteiger partial charge in [-0.2, -0.15) is 0 Å². The molecule has 0 saturated carbocycles. The predicted octanol–water partition coefficient (Wildman–Crippen LogP) is 18.4. The number of carbonyl (C=O) groups is 3. The summed E-state index contributed by atoms with van der Waals surface area (Å²) in [7, 11) is 0. The fraction of sp³-hybridized carbons (Fsp3) is 0.780. The third kappa shape index (κ3) is 51.9. The Morgan fingerprint density at radius 2 is 0.554 bits per heavy atom. The van der Waals surface area contributed by atoms with Crippen LogP contribution in [-0.4, -0.2) is 37.2 Å². The summed E-state index contributed by atoms with van der Waals surface area (Å²) in [5.74, 6) is -0.901. The number of carbonyl (C=O) groups excluding carboxylic acids is 3. The van der Waals surface area contributed by atoms with E-state index in [0.29, 0.717) is 19.3 Å². The second kappa shape index (κ2) is 53.7. The third-order valence-electron chi connectivity index (χ3n) is 12.0. The van der Waals surface area contributed by atoms with E-state index in [0.717, 1.165) is 89.9 Å². The molecule has 0 rings (SSSR count). The van der Waals surface area contributed by atoms with Gasteiger partial charge in [0.05, 0.1) is 0 Å². The number of rotatable bonds is 50. The van der Waals surface area contributed by atoms with Gasteiger partial charge in [-0.05, 0) is 109 Å². The van der Waals surface area contributed by atoms with Crippen molar-refractivity contribution in [2.75, 3.05) is 13.2 Å². The molecular weight excluding hydrogens is 805 g/mol. The summed E-state index contributed by atoms with van der Waals surface area (Å²) >= 11 is 0. The fourth-order valence-electron chi connectivity index (χ4n) is 7.73. The highest BCUT2D eigenvalue weighted by atomic mass is 16.6. The Hall–Kier alpha value is -2.89. The van der Waals surface area contributed by atoms with Gasteiger partial charge in [0.1, 0.15) is 13.2 Å². The van der Waals surface area contributed by atoms with Gasteiger partial charge in [0.2, 0.25) is 0 Å². The van der Waals surface area contributed by atoms with Crippen LogP contribution < -0.4 is 0 Å². The first-order valence-electron chi connectivity index (χ1n) is 27.8. The molecular formula is C59H104O6. The van der Waals surface area contributed by atoms with Crippen molar-refractivity contribution in [3.05, 3.63) is 60.8 Å². The minimum atomic E-state index is -0.784. The normalized spacial score (nSPS) is 12.5. The van der Waals surface area contributed by atoms with Crippen LogP contribution in [0.3, 0.4) is 0 Å². The average Bonchev–Trinajstić information content (AvgIpc) is 3.30. The molecule has 0 aliphatic carbocycles. The molecule has 0 spiro atoms. The van der Waals surface area contributed by atoms with Crippen molar-refractivity contribution in [2.45, 2.75) is 284 Å². The Kier molecular flexibility index (Phi) is 51.3. The Bertz CT molecular complexity index is 1180. The fourth-order valence-corrected chi connectivity index (χ4v) is 7.73. The number of allylic oxidation sites excluding steroid dienone is 10. The average molecular weight is 909 g/mol. The highest BCUT2D eigenvalue weighted by Gasteiger charge is 2.19. The van der Waals surface area contributed by atoms with Crippen LogP contribution in [0.15, 0.2) is 60.8 Å². The largest absolute Gasteiger partial charge is 0.462 e. The number of esters is 3. The highest BCUT2D eigenvalue weighted by Crippen LogP contribution is 2.15. The van der Waals surface area contributed by atoms with E-state index >= 15 is 0 Å². The van der Waals surface area contributed by atoms with Crippen LogP contribution in [0.25, 0.3) is 0 Å². The molecule has 1 unspecified atom stereocenters. The van der Waals surface area contributed by atoms with Gasteiger partial charge in [0.25, 0.3) is 0 Å². The van der Waals surface area contributed by atoms with E-state index in [4.69, 9.17) is 14.2 Å². The van der Waals surface area contributed by atoms with Gasteiger partial charge >= 0.3 is 17.9 Å². The van der Waals surface area contributed by atoms with E-state index < -0.39 is 6.10 Å². The molecule has 0 aromatic rings. The summed E-state index contributed by atoms with van der Waals surface area (Å²) < 4.78 is 16.8. The maximum atomic E-state index is 12.8. The first kappa shape index (κ1) is 62.1. The van der Waals surface area contributed by atoms with Crippen molar-refractivity contribution in [3.8, 4) is 0 Å². The maximum Gasteiger partial charge on any atom is 0.306 e. The summed E-state index contributed by atoms with van der Waals surface area (Å²) in [6, 6.07) is 0. The summed E-state index contributed by atoms with van der Waals surface area (Å²) in [4.78, 5) is 38.1. The van der Waals surface area contributed by atoms with Crippen LogP contribution >= 0.6 is 0 Å². The van der Waals surface area contributed by atoms with Gasteiger partial charge in [-0.3, -0.25) is 14.4 Å². The minimum absolute atomic E-state index is 0.0837. The van der Waals surface area contributed by atoms with Gasteiger partial charge in [-0.15, -0.1) is 0 Å². The smallest absolute Gasteiger partial charge is 0.306 e. The van der Waals surface area contributed by atoms with Crippen LogP contribution in [-0.2, 0) is 28.6 Å². The van der Waals surface area contributed by atoms with Crippen molar-refractivity contribution in [1.29, 1.82) is 0 Å². The van der Waals surface area contributed by atoms with E-state index in [2.05, 4.69) is 81.5 Å². The highest BCUT2D eigenvalue weighted by molar-refractivity contribution is 5.71. The minimum Gasteiger partial charge on any atom is -0.462 e. The van der Waals surface area contributed by atoms with Gasteiger partial charge < -0.3 is 14.2 Å². The topological polar surface area (TPSA) is 78.9 Å². The lowest BCUT2D eigenvalue weighted by molar-refractivity contribution is -0.167. The number of hydrogen-bond acceptors (Lipinski definition) is 6. The van der Waals surface area contributed by atoms with E-state index in [1.54, 1.807) is 0 Å². The Labute approximate surface area is 402 Å². The molecule has 0 saturated heterocycles. The molecule has 376 valence electrons. The van der Waals surface area contributed by atoms with Gasteiger partial charge in [0.15, 0.2) is 6.10 Å². The zero-order valence-electron chi connectivity index (χ0n) is 43.0. The number of unbranched alkanes of at least 4 members (excludes halogenated alkanes) is 29. The Balaban J connectivity index is 4.38. The standard InChI is InChI=1S/C59H104O6/c1-4-7-10-13-16-19-22-25-27-29-31-32-34-37-40-43-46-49-52-58(61)64-55-56(54-63-57(60)51-48-45-42-39-36-24-21-18-15-12-9-6-3)65-59(62)53-50-47-44-41-38-35-33-30-28-26-23-20-17-14-11-8-5-2/h17-22,26-29,56H,4-16,23-25,30-55H2,1-3H3/b20-17-,21-18-,22-19-,28-26-,29-27-. The molecule has 0 aromatic carbocycles. The molecule has 0 amide bonds. The summed E-state index contributed by atoms with van der Waals surface area (Å²) in [5.41, 5.74) is 0. The summed E-state index contributed by atoms with van der Waals surface area (Å²) in [6.45, 7) is 6.57. The van der Waals surface area contributed by atoms with Crippen molar-refractivity contribution >= 4 is 17.9 Å². The van der Waals surface area contributed by atoms with E-state index in [9.17, 15) is 14.4 Å². The van der Waals surface area contributed by atoms with Crippen LogP contribution in [0.2, 0.25) is 0 Å². The zero-order valence-corrected chi connectivity index (χ0v) is 43.0. The Morgan fingerprint density at radius 3 is 0.892 bits per heavy atom. The van der Waals surface area contributed by atoms with Crippen LogP contribution in [0, 0.1) is 0 Å². The second-order valence-electron chi connectivity index (χ2n) is 18.5. The van der Waals surface area contributed by atoms with E-state index in [-0.39, 0.29) is 31.1 Å². The summed E-state index contributed by atoms with van der Waals surface area (Å²) in [6.07, 6.45) is 66.3. The first-order chi connectivity index (χ1) is 32.0. The third-order valence-corrected chi connectivity index (χ3v) is 12.0. The molecule has 0 bridgehead atoms. The maximum absolute atomic E-state index is 12.8. The molecule has 0 aliphatic heterocycles. The van der Waals surface area contributed by atoms with Crippen molar-refractivity contribution in [2.24, 2.45) is 0 Å². The molecule has 0 aromatic heterocycles. The molecule has 65 heavy (non-hydrogen) atoms. The predicted molar refractivity (Wildman–Crippen MR) is 279 cm³/mol. The van der Waals surface area contributed by atoms with Gasteiger partial charge in [0, 0.05) is 19.3 Å². The SMILES string of the molecule is CCCCC/C=C\C/C=C\CCCCCCCCCC(=O)OC(COC(=O)CCCCCCC/C=C\CCCCC)COC(=O)CCCCCCCCC/C=C\C/C=C\CCCCCC. The lowest BCUT2D eigenvalue weighted by Crippen LogP contribution is -2.30. The molecule has 1 atom stereocenters. The first-order valence-corrected chi connectivity index (χ1v) is 27.8. The van der Waals surface area contributed by atoms with E-state index in [1.807, 2.05) is 0 Å². The molecule has 6 nitrogen and oxygen atoms in total. The number of ether oxygens (including phenoxy) is 3. The van der Waals surface area contributed by atoms with Gasteiger partial charge in [-0.25, -0.2) is 0 Å². The van der Waals surface area contributed by atoms with Crippen molar-refractivity contribution in [1.82, 2.24) is 0 Å². The van der Waals surface area contributed by atoms with Crippen molar-refractivity contribution in [3.63, 3.8) is 0 Å². The Morgan fingerprint density at radius 1 is 0.308 bits per heavy atom. The molecule has 0 N–H and O–H groups in total. The van der Waals surface area contributed by atoms with E-state index in [1.165, 1.54) is 148 Å². The summed E-state index contributed by atoms with van der Waals surface area (Å²) in [5, 5.41) is 0. The lowest BCUT2D eigenvalue weighted by atomic mass is 10.1. The van der Waals surface area contributed by atoms with Crippen LogP contribution in [0.4, 0.5) is 0 Å². The number of hydrogen-bond donors (Lipinski definition) is 0. The molecule has 0 fully saturated rings. The lowest BCUT2D eigenvalue weighted by Gasteiger charge is -2.18. The molecule has 0 heterocycles. The molecule has 0 radical (unpaired) electrons. The van der Waals surface area contributed by atoms with Crippen molar-refractivity contribution < 1.29 is 28.6 Å². The molecule has 0 aliphatic rings. The quantitative estimate of drug-likeness (QED) is 0.0262. The molecule has 6 heteroatoms. The van der Waals surface area contributed by atoms with Crippen LogP contribution in [0.1, 0.15) is 278 Å². The van der Waals surface area contributed by atoms with Crippen LogP contribution in [0.5, 0.6) is 0 Å².